The van der Waals surface area contributed by atoms with E-state index in [2.05, 4.69) is 31.5 Å². The van der Waals surface area contributed by atoms with E-state index in [0.29, 0.717) is 12.4 Å². The van der Waals surface area contributed by atoms with Crippen LogP contribution in [0.25, 0.3) is 0 Å². The second-order valence-electron chi connectivity index (χ2n) is 3.83. The van der Waals surface area contributed by atoms with Crippen LogP contribution in [-0.2, 0) is 9.59 Å². The number of hydrogen-bond donors (Lipinski definition) is 4. The number of nitrogens with two attached hydrogens (primary N) is 1. The zero-order valence-corrected chi connectivity index (χ0v) is 11.8. The van der Waals surface area contributed by atoms with Crippen molar-refractivity contribution in [3.63, 3.8) is 0 Å². The number of amides is 1. The van der Waals surface area contributed by atoms with Gasteiger partial charge in [-0.05, 0) is 22.0 Å². The predicted octanol–water partition coefficient (Wildman–Crippen LogP) is 1.17. The van der Waals surface area contributed by atoms with Gasteiger partial charge in [0.2, 0.25) is 5.91 Å². The third-order valence-corrected chi connectivity index (χ3v) is 2.62. The lowest BCUT2D eigenvalue weighted by Crippen LogP contribution is -2.39. The van der Waals surface area contributed by atoms with E-state index < -0.39 is 18.2 Å². The molecule has 0 aromatic carbocycles. The molecule has 0 aliphatic carbocycles. The van der Waals surface area contributed by atoms with Crippen molar-refractivity contribution in [3.8, 4) is 0 Å². The molecule has 1 aromatic heterocycles. The smallest absolute Gasteiger partial charge is 0.475 e. The standard InChI is InChI=1S/C8H9BrN4O.C2HF3O2/c9-4-1-6-7(12-2-4)13-8(14)5(10)3-11-6;3-2(4,5)1(6)7/h1-2,5,11H,3,10H2,(H,12,13,14);(H,6,7). The minimum absolute atomic E-state index is 0.217. The van der Waals surface area contributed by atoms with E-state index in [1.165, 1.54) is 0 Å². The minimum atomic E-state index is -5.08. The third kappa shape index (κ3) is 5.19. The molecule has 11 heteroatoms. The molecule has 0 radical (unpaired) electrons. The van der Waals surface area contributed by atoms with E-state index >= 15 is 0 Å². The van der Waals surface area contributed by atoms with Crippen LogP contribution in [0.15, 0.2) is 16.7 Å². The van der Waals surface area contributed by atoms with Crippen molar-refractivity contribution in [2.24, 2.45) is 5.73 Å². The average Bonchev–Trinajstić information content (AvgIpc) is 2.50. The van der Waals surface area contributed by atoms with Gasteiger partial charge in [0.15, 0.2) is 5.82 Å². The Bertz CT molecular complexity index is 553. The van der Waals surface area contributed by atoms with Crippen molar-refractivity contribution in [2.75, 3.05) is 17.2 Å². The van der Waals surface area contributed by atoms with E-state index in [1.807, 2.05) is 6.07 Å². The average molecular weight is 371 g/mol. The Morgan fingerprint density at radius 1 is 1.52 bits per heavy atom. The van der Waals surface area contributed by atoms with Crippen molar-refractivity contribution in [1.29, 1.82) is 0 Å². The van der Waals surface area contributed by atoms with Crippen LogP contribution in [0.1, 0.15) is 0 Å². The molecule has 5 N–H and O–H groups in total. The molecule has 1 unspecified atom stereocenters. The van der Waals surface area contributed by atoms with Crippen LogP contribution in [0.3, 0.4) is 0 Å². The summed E-state index contributed by atoms with van der Waals surface area (Å²) in [6.07, 6.45) is -3.46. The molecule has 0 fully saturated rings. The fourth-order valence-corrected chi connectivity index (χ4v) is 1.53. The number of aliphatic carboxylic acids is 1. The summed E-state index contributed by atoms with van der Waals surface area (Å²) >= 11 is 3.30. The number of rotatable bonds is 0. The van der Waals surface area contributed by atoms with Gasteiger partial charge >= 0.3 is 12.1 Å². The number of carbonyl (C=O) groups excluding carboxylic acids is 1. The fourth-order valence-electron chi connectivity index (χ4n) is 1.20. The number of carbonyl (C=O) groups is 2. The van der Waals surface area contributed by atoms with E-state index in [1.54, 1.807) is 6.20 Å². The van der Waals surface area contributed by atoms with Gasteiger partial charge in [-0.1, -0.05) is 0 Å². The van der Waals surface area contributed by atoms with Crippen LogP contribution in [0.5, 0.6) is 0 Å². The Morgan fingerprint density at radius 2 is 2.10 bits per heavy atom. The van der Waals surface area contributed by atoms with Gasteiger partial charge in [0.05, 0.1) is 5.69 Å². The van der Waals surface area contributed by atoms with Crippen molar-refractivity contribution >= 4 is 39.3 Å². The highest BCUT2D eigenvalue weighted by Crippen LogP contribution is 2.24. The highest BCUT2D eigenvalue weighted by atomic mass is 79.9. The van der Waals surface area contributed by atoms with Crippen molar-refractivity contribution < 1.29 is 27.9 Å². The number of nitrogens with one attached hydrogen (secondary N) is 2. The van der Waals surface area contributed by atoms with E-state index in [4.69, 9.17) is 15.6 Å². The van der Waals surface area contributed by atoms with Gasteiger partial charge in [-0.2, -0.15) is 13.2 Å². The molecule has 1 amide bonds. The number of halogens is 4. The van der Waals surface area contributed by atoms with Gasteiger partial charge in [0.1, 0.15) is 6.04 Å². The van der Waals surface area contributed by atoms with Gasteiger partial charge < -0.3 is 21.5 Å². The van der Waals surface area contributed by atoms with Crippen LogP contribution < -0.4 is 16.4 Å². The van der Waals surface area contributed by atoms with Gasteiger partial charge in [-0.25, -0.2) is 9.78 Å². The molecule has 2 heterocycles. The Hall–Kier alpha value is -1.88. The van der Waals surface area contributed by atoms with Crippen LogP contribution in [0.2, 0.25) is 0 Å². The Balaban J connectivity index is 0.000000270. The number of aromatic nitrogens is 1. The summed E-state index contributed by atoms with van der Waals surface area (Å²) in [6, 6.07) is 1.31. The van der Waals surface area contributed by atoms with Crippen LogP contribution in [-0.4, -0.2) is 40.7 Å². The number of fused-ring (bicyclic) bond motifs is 1. The summed E-state index contributed by atoms with van der Waals surface area (Å²) in [4.78, 5) is 24.3. The lowest BCUT2D eigenvalue weighted by Gasteiger charge is -2.05. The maximum atomic E-state index is 11.3. The molecule has 1 atom stereocenters. The quantitative estimate of drug-likeness (QED) is 0.544. The Kier molecular flexibility index (Phi) is 5.49. The first-order chi connectivity index (χ1) is 9.61. The van der Waals surface area contributed by atoms with E-state index in [0.717, 1.165) is 10.2 Å². The summed E-state index contributed by atoms with van der Waals surface area (Å²) in [6.45, 7) is 0.414. The van der Waals surface area contributed by atoms with Crippen LogP contribution >= 0.6 is 15.9 Å². The number of alkyl halides is 3. The van der Waals surface area contributed by atoms with Gasteiger partial charge in [0.25, 0.3) is 0 Å². The monoisotopic (exact) mass is 370 g/mol. The van der Waals surface area contributed by atoms with E-state index in [9.17, 15) is 18.0 Å². The zero-order chi connectivity index (χ0) is 16.2. The molecule has 7 nitrogen and oxygen atoms in total. The van der Waals surface area contributed by atoms with Crippen molar-refractivity contribution in [1.82, 2.24) is 4.98 Å². The Labute approximate surface area is 124 Å². The maximum absolute atomic E-state index is 11.3. The highest BCUT2D eigenvalue weighted by molar-refractivity contribution is 9.10. The summed E-state index contributed by atoms with van der Waals surface area (Å²) in [7, 11) is 0. The van der Waals surface area contributed by atoms with Crippen molar-refractivity contribution in [2.45, 2.75) is 12.2 Å². The first-order valence-electron chi connectivity index (χ1n) is 5.37. The fraction of sp³-hybridized carbons (Fsp3) is 0.300. The normalized spacial score (nSPS) is 17.4. The summed E-state index contributed by atoms with van der Waals surface area (Å²) < 4.78 is 32.6. The molecule has 0 spiro atoms. The molecule has 21 heavy (non-hydrogen) atoms. The Morgan fingerprint density at radius 3 is 2.62 bits per heavy atom. The highest BCUT2D eigenvalue weighted by Gasteiger charge is 2.38. The SMILES string of the molecule is NC1CNc2cc(Br)cnc2NC1=O.O=C(O)C(F)(F)F. The lowest BCUT2D eigenvalue weighted by atomic mass is 10.3. The van der Waals surface area contributed by atoms with Crippen LogP contribution in [0, 0.1) is 0 Å². The minimum Gasteiger partial charge on any atom is -0.475 e. The second kappa shape index (κ2) is 6.72. The topological polar surface area (TPSA) is 117 Å². The van der Waals surface area contributed by atoms with Gasteiger partial charge in [0, 0.05) is 17.2 Å². The first-order valence-corrected chi connectivity index (χ1v) is 6.16. The maximum Gasteiger partial charge on any atom is 0.490 e. The molecule has 1 aliphatic heterocycles. The number of nitrogens with zero attached hydrogens (tertiary/aromatic N) is 1. The number of hydrogen-bond acceptors (Lipinski definition) is 5. The molecule has 1 aromatic rings. The van der Waals surface area contributed by atoms with Crippen molar-refractivity contribution in [3.05, 3.63) is 16.7 Å². The largest absolute Gasteiger partial charge is 0.490 e. The number of pyridine rings is 1. The summed E-state index contributed by atoms with van der Waals surface area (Å²) in [5.74, 6) is -2.45. The van der Waals surface area contributed by atoms with E-state index in [-0.39, 0.29) is 5.91 Å². The summed E-state index contributed by atoms with van der Waals surface area (Å²) in [5, 5.41) is 12.8. The van der Waals surface area contributed by atoms with Gasteiger partial charge in [-0.3, -0.25) is 4.79 Å². The lowest BCUT2D eigenvalue weighted by molar-refractivity contribution is -0.192. The molecular weight excluding hydrogens is 361 g/mol. The van der Waals surface area contributed by atoms with Crippen LogP contribution in [0.4, 0.5) is 24.7 Å². The molecule has 0 bridgehead atoms. The molecule has 0 saturated carbocycles. The molecule has 2 rings (SSSR count). The number of carboxylic acid groups (broad SMARTS) is 1. The summed E-state index contributed by atoms with van der Waals surface area (Å²) in [5.41, 5.74) is 6.36. The number of anilines is 2. The molecular formula is C10H10BrF3N4O3. The molecule has 0 saturated heterocycles. The first kappa shape index (κ1) is 17.2. The zero-order valence-electron chi connectivity index (χ0n) is 10.2. The molecule has 116 valence electrons. The van der Waals surface area contributed by atoms with Gasteiger partial charge in [-0.15, -0.1) is 0 Å². The molecule has 1 aliphatic rings. The predicted molar refractivity (Wildman–Crippen MR) is 70.7 cm³/mol. The number of carboxylic acids is 1. The second-order valence-corrected chi connectivity index (χ2v) is 4.74. The third-order valence-electron chi connectivity index (χ3n) is 2.19.